The van der Waals surface area contributed by atoms with Crippen LogP contribution in [0.3, 0.4) is 0 Å². The van der Waals surface area contributed by atoms with Crippen LogP contribution in [0.4, 0.5) is 17.5 Å². The predicted molar refractivity (Wildman–Crippen MR) is 78.3 cm³/mol. The number of rotatable bonds is 7. The van der Waals surface area contributed by atoms with Crippen molar-refractivity contribution in [2.24, 2.45) is 5.92 Å². The van der Waals surface area contributed by atoms with E-state index >= 15 is 0 Å². The average Bonchev–Trinajstić information content (AvgIpc) is 2.81. The van der Waals surface area contributed by atoms with Crippen molar-refractivity contribution in [3.05, 3.63) is 10.4 Å². The van der Waals surface area contributed by atoms with Gasteiger partial charge in [0.2, 0.25) is 5.95 Å². The second-order valence-corrected chi connectivity index (χ2v) is 6.66. The summed E-state index contributed by atoms with van der Waals surface area (Å²) in [6, 6.07) is 0. The van der Waals surface area contributed by atoms with E-state index in [1.807, 2.05) is 0 Å². The Morgan fingerprint density at radius 2 is 2.23 bits per heavy atom. The minimum absolute atomic E-state index is 0.0198. The highest BCUT2D eigenvalue weighted by Crippen LogP contribution is 2.36. The van der Waals surface area contributed by atoms with Gasteiger partial charge in [-0.2, -0.15) is 4.98 Å². The number of hydrogen-bond acceptors (Lipinski definition) is 8. The van der Waals surface area contributed by atoms with Gasteiger partial charge < -0.3 is 25.9 Å². The molecule has 11 nitrogen and oxygen atoms in total. The molecule has 7 N–H and O–H groups in total. The van der Waals surface area contributed by atoms with Crippen molar-refractivity contribution in [2.45, 2.75) is 6.42 Å². The van der Waals surface area contributed by atoms with Crippen LogP contribution in [0.2, 0.25) is 0 Å². The molecule has 0 aliphatic carbocycles. The van der Waals surface area contributed by atoms with Gasteiger partial charge in [0.15, 0.2) is 5.82 Å². The van der Waals surface area contributed by atoms with Crippen LogP contribution >= 0.6 is 7.60 Å². The molecular formula is C10H18N5O6P. The molecule has 22 heavy (non-hydrogen) atoms. The molecule has 1 aromatic rings. The van der Waals surface area contributed by atoms with Gasteiger partial charge in [-0.05, 0) is 6.42 Å². The van der Waals surface area contributed by atoms with E-state index in [9.17, 15) is 14.5 Å². The summed E-state index contributed by atoms with van der Waals surface area (Å²) in [6.07, 6.45) is -0.221. The average molecular weight is 335 g/mol. The third-order valence-electron chi connectivity index (χ3n) is 3.11. The van der Waals surface area contributed by atoms with Crippen molar-refractivity contribution >= 4 is 25.0 Å². The fraction of sp³-hybridized carbons (Fsp3) is 0.600. The van der Waals surface area contributed by atoms with Crippen LogP contribution in [0.25, 0.3) is 0 Å². The van der Waals surface area contributed by atoms with Gasteiger partial charge in [-0.1, -0.05) is 0 Å². The van der Waals surface area contributed by atoms with E-state index in [1.54, 1.807) is 0 Å². The quantitative estimate of drug-likeness (QED) is 0.327. The number of nitrogens with one attached hydrogen (secondary N) is 2. The Morgan fingerprint density at radius 3 is 2.86 bits per heavy atom. The minimum Gasteiger partial charge on any atom is -0.396 e. The molecule has 1 aromatic heterocycles. The standard InChI is InChI=1S/C10H18N5O6P/c11-10-13-8-7(9(17)14-10)12-5-15(8)21-4-6(3-16)1-2-22(18,19)20/h6,12,16H,1-5H2,(H2,18,19,20)(H3,11,13,14,17). The van der Waals surface area contributed by atoms with E-state index in [0.717, 1.165) is 0 Å². The molecule has 1 aliphatic rings. The number of anilines is 3. The number of aliphatic hydroxyl groups is 1. The number of aromatic amines is 1. The van der Waals surface area contributed by atoms with Crippen LogP contribution in [0, 0.1) is 5.92 Å². The first-order valence-corrected chi connectivity index (χ1v) is 8.29. The summed E-state index contributed by atoms with van der Waals surface area (Å²) in [7, 11) is -4.11. The molecule has 1 atom stereocenters. The molecule has 1 unspecified atom stereocenters. The highest BCUT2D eigenvalue weighted by molar-refractivity contribution is 7.51. The lowest BCUT2D eigenvalue weighted by molar-refractivity contribution is 0.0575. The molecule has 0 radical (unpaired) electrons. The van der Waals surface area contributed by atoms with E-state index < -0.39 is 19.1 Å². The predicted octanol–water partition coefficient (Wildman–Crippen LogP) is -1.35. The number of fused-ring (bicyclic) bond motifs is 1. The van der Waals surface area contributed by atoms with Crippen molar-refractivity contribution in [3.63, 3.8) is 0 Å². The molecule has 0 saturated carbocycles. The molecule has 0 spiro atoms. The third-order valence-corrected chi connectivity index (χ3v) is 3.95. The number of aliphatic hydroxyl groups excluding tert-OH is 1. The zero-order valence-electron chi connectivity index (χ0n) is 11.6. The van der Waals surface area contributed by atoms with Gasteiger partial charge in [0.1, 0.15) is 12.4 Å². The molecule has 2 heterocycles. The minimum atomic E-state index is -4.11. The van der Waals surface area contributed by atoms with Gasteiger partial charge in [-0.3, -0.25) is 19.2 Å². The van der Waals surface area contributed by atoms with Gasteiger partial charge >= 0.3 is 7.60 Å². The second kappa shape index (κ2) is 6.63. The maximum atomic E-state index is 11.6. The molecule has 124 valence electrons. The van der Waals surface area contributed by atoms with Gasteiger partial charge in [-0.15, -0.1) is 0 Å². The topological polar surface area (TPSA) is 174 Å². The fourth-order valence-electron chi connectivity index (χ4n) is 1.92. The Hall–Kier alpha value is -1.65. The highest BCUT2D eigenvalue weighted by Gasteiger charge is 2.26. The number of hydroxylamine groups is 1. The lowest BCUT2D eigenvalue weighted by Gasteiger charge is -2.20. The molecule has 0 amide bonds. The van der Waals surface area contributed by atoms with E-state index in [2.05, 4.69) is 15.3 Å². The zero-order chi connectivity index (χ0) is 16.3. The summed E-state index contributed by atoms with van der Waals surface area (Å²) in [5.74, 6) is -0.273. The number of nitrogens with two attached hydrogens (primary N) is 1. The molecule has 0 saturated heterocycles. The van der Waals surface area contributed by atoms with Crippen molar-refractivity contribution in [1.82, 2.24) is 9.97 Å². The first-order valence-electron chi connectivity index (χ1n) is 6.49. The monoisotopic (exact) mass is 335 g/mol. The Balaban J connectivity index is 1.96. The van der Waals surface area contributed by atoms with Crippen molar-refractivity contribution < 1.29 is 24.3 Å². The van der Waals surface area contributed by atoms with E-state index in [4.69, 9.17) is 20.4 Å². The van der Waals surface area contributed by atoms with Crippen LogP contribution in [0.1, 0.15) is 6.42 Å². The Bertz CT molecular complexity index is 631. The molecule has 12 heteroatoms. The van der Waals surface area contributed by atoms with Crippen molar-refractivity contribution in [3.8, 4) is 0 Å². The van der Waals surface area contributed by atoms with Gasteiger partial charge in [-0.25, -0.2) is 5.06 Å². The molecule has 0 fully saturated rings. The summed E-state index contributed by atoms with van der Waals surface area (Å²) in [6.45, 7) is -0.0867. The molecule has 2 rings (SSSR count). The molecule has 0 bridgehead atoms. The largest absolute Gasteiger partial charge is 0.396 e. The smallest absolute Gasteiger partial charge is 0.325 e. The summed E-state index contributed by atoms with van der Waals surface area (Å²) in [5.41, 5.74) is 5.27. The Labute approximate surface area is 125 Å². The number of aromatic nitrogens is 2. The zero-order valence-corrected chi connectivity index (χ0v) is 12.5. The van der Waals surface area contributed by atoms with Crippen LogP contribution < -0.4 is 21.7 Å². The fourth-order valence-corrected chi connectivity index (χ4v) is 2.63. The Kier molecular flexibility index (Phi) is 5.04. The van der Waals surface area contributed by atoms with E-state index in [-0.39, 0.29) is 49.9 Å². The van der Waals surface area contributed by atoms with Crippen molar-refractivity contribution in [1.29, 1.82) is 0 Å². The summed E-state index contributed by atoms with van der Waals surface area (Å²) in [4.78, 5) is 41.1. The first kappa shape index (κ1) is 16.7. The number of hydrogen-bond donors (Lipinski definition) is 6. The Morgan fingerprint density at radius 1 is 1.50 bits per heavy atom. The van der Waals surface area contributed by atoms with Gasteiger partial charge in [0, 0.05) is 12.5 Å². The molecule has 1 aliphatic heterocycles. The maximum absolute atomic E-state index is 11.6. The molecular weight excluding hydrogens is 317 g/mol. The lowest BCUT2D eigenvalue weighted by Crippen LogP contribution is -2.28. The third kappa shape index (κ3) is 4.18. The van der Waals surface area contributed by atoms with Crippen LogP contribution in [-0.4, -0.2) is 50.9 Å². The number of nitrogen functional groups attached to an aromatic ring is 1. The van der Waals surface area contributed by atoms with Crippen LogP contribution in [-0.2, 0) is 9.40 Å². The molecule has 0 aromatic carbocycles. The van der Waals surface area contributed by atoms with Crippen LogP contribution in [0.15, 0.2) is 4.79 Å². The van der Waals surface area contributed by atoms with Gasteiger partial charge in [0.25, 0.3) is 5.56 Å². The number of nitrogens with zero attached hydrogens (tertiary/aromatic N) is 2. The first-order chi connectivity index (χ1) is 10.3. The van der Waals surface area contributed by atoms with E-state index in [0.29, 0.717) is 0 Å². The highest BCUT2D eigenvalue weighted by atomic mass is 31.2. The summed E-state index contributed by atoms with van der Waals surface area (Å²) in [5, 5.41) is 13.3. The van der Waals surface area contributed by atoms with E-state index in [1.165, 1.54) is 5.06 Å². The van der Waals surface area contributed by atoms with Crippen LogP contribution in [0.5, 0.6) is 0 Å². The summed E-state index contributed by atoms with van der Waals surface area (Å²) < 4.78 is 10.8. The van der Waals surface area contributed by atoms with Crippen molar-refractivity contribution in [2.75, 3.05) is 42.2 Å². The normalized spacial score (nSPS) is 15.5. The lowest BCUT2D eigenvalue weighted by atomic mass is 10.1. The SMILES string of the molecule is Nc1nc2c(c(=O)[nH]1)NCN2OCC(CO)CCP(=O)(O)O. The number of H-pyrrole nitrogens is 1. The van der Waals surface area contributed by atoms with Gasteiger partial charge in [0.05, 0.1) is 12.8 Å². The summed E-state index contributed by atoms with van der Waals surface area (Å²) >= 11 is 0. The maximum Gasteiger partial charge on any atom is 0.325 e. The second-order valence-electron chi connectivity index (χ2n) is 4.88.